The van der Waals surface area contributed by atoms with Gasteiger partial charge in [0.1, 0.15) is 0 Å². The Morgan fingerprint density at radius 2 is 2.06 bits per heavy atom. The summed E-state index contributed by atoms with van der Waals surface area (Å²) in [5.74, 6) is 0. The van der Waals surface area contributed by atoms with Gasteiger partial charge in [-0.15, -0.1) is 0 Å². The van der Waals surface area contributed by atoms with Crippen LogP contribution in [0.25, 0.3) is 0 Å². The van der Waals surface area contributed by atoms with Crippen LogP contribution in [0.5, 0.6) is 0 Å². The molecule has 1 aromatic rings. The normalized spacial score (nSPS) is 12.4. The molecule has 102 valence electrons. The molecule has 0 fully saturated rings. The van der Waals surface area contributed by atoms with E-state index >= 15 is 0 Å². The predicted molar refractivity (Wildman–Crippen MR) is 74.8 cm³/mol. The van der Waals surface area contributed by atoms with Crippen LogP contribution in [0.4, 0.5) is 5.69 Å². The molecule has 1 rings (SSSR count). The van der Waals surface area contributed by atoms with Gasteiger partial charge in [0.25, 0.3) is 0 Å². The second-order valence-electron chi connectivity index (χ2n) is 4.33. The molecule has 0 saturated carbocycles. The predicted octanol–water partition coefficient (Wildman–Crippen LogP) is 1.54. The van der Waals surface area contributed by atoms with Crippen molar-refractivity contribution in [2.75, 3.05) is 38.3 Å². The van der Waals surface area contributed by atoms with Crippen molar-refractivity contribution in [2.24, 2.45) is 5.73 Å². The van der Waals surface area contributed by atoms with Crippen LogP contribution in [-0.4, -0.2) is 38.5 Å². The van der Waals surface area contributed by atoms with Crippen molar-refractivity contribution in [3.63, 3.8) is 0 Å². The second kappa shape index (κ2) is 8.08. The quantitative estimate of drug-likeness (QED) is 0.689. The molecule has 3 N–H and O–H groups in total. The SMILES string of the molecule is CCC(N)c1ccccc1N(C)CCOCCO. The summed E-state index contributed by atoms with van der Waals surface area (Å²) in [6.07, 6.45) is 0.922. The highest BCUT2D eigenvalue weighted by molar-refractivity contribution is 5.54. The third-order valence-electron chi connectivity index (χ3n) is 2.99. The number of hydrogen-bond acceptors (Lipinski definition) is 4. The summed E-state index contributed by atoms with van der Waals surface area (Å²) in [5.41, 5.74) is 8.44. The second-order valence-corrected chi connectivity index (χ2v) is 4.33. The first-order valence-corrected chi connectivity index (χ1v) is 6.45. The monoisotopic (exact) mass is 252 g/mol. The minimum absolute atomic E-state index is 0.0704. The molecule has 1 aromatic carbocycles. The first-order chi connectivity index (χ1) is 8.70. The van der Waals surface area contributed by atoms with Crippen molar-refractivity contribution < 1.29 is 9.84 Å². The van der Waals surface area contributed by atoms with Crippen LogP contribution in [0.1, 0.15) is 24.9 Å². The summed E-state index contributed by atoms with van der Waals surface area (Å²) in [7, 11) is 2.03. The summed E-state index contributed by atoms with van der Waals surface area (Å²) in [6, 6.07) is 8.27. The van der Waals surface area contributed by atoms with Gasteiger partial charge >= 0.3 is 0 Å². The van der Waals surface area contributed by atoms with E-state index in [2.05, 4.69) is 24.0 Å². The van der Waals surface area contributed by atoms with Gasteiger partial charge in [-0.1, -0.05) is 25.1 Å². The van der Waals surface area contributed by atoms with E-state index in [9.17, 15) is 0 Å². The van der Waals surface area contributed by atoms with E-state index in [0.717, 1.165) is 18.7 Å². The lowest BCUT2D eigenvalue weighted by Crippen LogP contribution is -2.25. The van der Waals surface area contributed by atoms with Gasteiger partial charge in [0.2, 0.25) is 0 Å². The first-order valence-electron chi connectivity index (χ1n) is 6.45. The Morgan fingerprint density at radius 3 is 2.72 bits per heavy atom. The number of anilines is 1. The molecule has 0 amide bonds. The zero-order valence-corrected chi connectivity index (χ0v) is 11.3. The van der Waals surface area contributed by atoms with Crippen LogP contribution in [0.2, 0.25) is 0 Å². The molecule has 0 spiro atoms. The third-order valence-corrected chi connectivity index (χ3v) is 2.99. The number of para-hydroxylation sites is 1. The standard InChI is InChI=1S/C14H24N2O2/c1-3-13(15)12-6-4-5-7-14(12)16(2)8-10-18-11-9-17/h4-7,13,17H,3,8-11,15H2,1-2H3. The van der Waals surface area contributed by atoms with E-state index in [1.807, 2.05) is 19.2 Å². The van der Waals surface area contributed by atoms with E-state index in [1.165, 1.54) is 5.56 Å². The fraction of sp³-hybridized carbons (Fsp3) is 0.571. The van der Waals surface area contributed by atoms with Crippen molar-refractivity contribution >= 4 is 5.69 Å². The Morgan fingerprint density at radius 1 is 1.33 bits per heavy atom. The number of aliphatic hydroxyl groups is 1. The Hall–Kier alpha value is -1.10. The zero-order chi connectivity index (χ0) is 13.4. The van der Waals surface area contributed by atoms with Crippen LogP contribution >= 0.6 is 0 Å². The number of nitrogens with zero attached hydrogens (tertiary/aromatic N) is 1. The smallest absolute Gasteiger partial charge is 0.0698 e. The third kappa shape index (κ3) is 4.29. The molecule has 4 heteroatoms. The molecule has 1 atom stereocenters. The minimum atomic E-state index is 0.0704. The van der Waals surface area contributed by atoms with Crippen molar-refractivity contribution in [2.45, 2.75) is 19.4 Å². The molecule has 0 bridgehead atoms. The molecule has 0 aliphatic heterocycles. The van der Waals surface area contributed by atoms with Gasteiger partial charge < -0.3 is 20.5 Å². The van der Waals surface area contributed by atoms with Gasteiger partial charge in [0.05, 0.1) is 19.8 Å². The number of likely N-dealkylation sites (N-methyl/N-ethyl adjacent to an activating group) is 1. The van der Waals surface area contributed by atoms with Crippen molar-refractivity contribution in [3.05, 3.63) is 29.8 Å². The number of rotatable bonds is 8. The number of ether oxygens (including phenoxy) is 1. The largest absolute Gasteiger partial charge is 0.394 e. The maximum absolute atomic E-state index is 8.64. The molecule has 4 nitrogen and oxygen atoms in total. The van der Waals surface area contributed by atoms with Crippen LogP contribution in [0.15, 0.2) is 24.3 Å². The molecule has 0 saturated heterocycles. The highest BCUT2D eigenvalue weighted by Gasteiger charge is 2.11. The fourth-order valence-corrected chi connectivity index (χ4v) is 1.86. The molecule has 0 aliphatic rings. The first kappa shape index (κ1) is 15.0. The lowest BCUT2D eigenvalue weighted by molar-refractivity contribution is 0.0971. The van der Waals surface area contributed by atoms with Crippen LogP contribution < -0.4 is 10.6 Å². The van der Waals surface area contributed by atoms with E-state index in [4.69, 9.17) is 15.6 Å². The Labute approximate surface area is 109 Å². The average Bonchev–Trinajstić information content (AvgIpc) is 2.42. The van der Waals surface area contributed by atoms with Crippen molar-refractivity contribution in [3.8, 4) is 0 Å². The number of aliphatic hydroxyl groups excluding tert-OH is 1. The molecule has 18 heavy (non-hydrogen) atoms. The lowest BCUT2D eigenvalue weighted by Gasteiger charge is -2.24. The molecular weight excluding hydrogens is 228 g/mol. The van der Waals surface area contributed by atoms with Crippen LogP contribution in [0.3, 0.4) is 0 Å². The van der Waals surface area contributed by atoms with Gasteiger partial charge in [-0.25, -0.2) is 0 Å². The molecule has 0 aliphatic carbocycles. The zero-order valence-electron chi connectivity index (χ0n) is 11.3. The highest BCUT2D eigenvalue weighted by atomic mass is 16.5. The highest BCUT2D eigenvalue weighted by Crippen LogP contribution is 2.25. The van der Waals surface area contributed by atoms with Crippen LogP contribution in [0, 0.1) is 0 Å². The number of benzene rings is 1. The summed E-state index contributed by atoms with van der Waals surface area (Å²) >= 11 is 0. The summed E-state index contributed by atoms with van der Waals surface area (Å²) in [4.78, 5) is 2.14. The lowest BCUT2D eigenvalue weighted by atomic mass is 10.0. The molecule has 0 aromatic heterocycles. The van der Waals surface area contributed by atoms with Gasteiger partial charge in [0.15, 0.2) is 0 Å². The Kier molecular flexibility index (Phi) is 6.72. The number of hydrogen-bond donors (Lipinski definition) is 2. The van der Waals surface area contributed by atoms with E-state index in [0.29, 0.717) is 13.2 Å². The van der Waals surface area contributed by atoms with E-state index < -0.39 is 0 Å². The van der Waals surface area contributed by atoms with E-state index in [1.54, 1.807) is 0 Å². The summed E-state index contributed by atoms with van der Waals surface area (Å²) < 4.78 is 5.28. The summed E-state index contributed by atoms with van der Waals surface area (Å²) in [6.45, 7) is 3.94. The molecule has 0 radical (unpaired) electrons. The summed E-state index contributed by atoms with van der Waals surface area (Å²) in [5, 5.41) is 8.64. The average molecular weight is 252 g/mol. The minimum Gasteiger partial charge on any atom is -0.394 e. The van der Waals surface area contributed by atoms with Crippen molar-refractivity contribution in [1.29, 1.82) is 0 Å². The van der Waals surface area contributed by atoms with Gasteiger partial charge in [-0.2, -0.15) is 0 Å². The van der Waals surface area contributed by atoms with Gasteiger partial charge in [-0.05, 0) is 18.1 Å². The van der Waals surface area contributed by atoms with E-state index in [-0.39, 0.29) is 12.6 Å². The number of nitrogens with two attached hydrogens (primary N) is 1. The van der Waals surface area contributed by atoms with Crippen LogP contribution in [-0.2, 0) is 4.74 Å². The Bertz CT molecular complexity index is 344. The Balaban J connectivity index is 2.63. The maximum atomic E-state index is 8.64. The molecule has 0 heterocycles. The van der Waals surface area contributed by atoms with Crippen molar-refractivity contribution in [1.82, 2.24) is 0 Å². The fourth-order valence-electron chi connectivity index (χ4n) is 1.86. The topological polar surface area (TPSA) is 58.7 Å². The molecule has 1 unspecified atom stereocenters. The molecular formula is C14H24N2O2. The van der Waals surface area contributed by atoms with Gasteiger partial charge in [0, 0.05) is 25.3 Å². The van der Waals surface area contributed by atoms with Gasteiger partial charge in [-0.3, -0.25) is 0 Å². The maximum Gasteiger partial charge on any atom is 0.0698 e.